The summed E-state index contributed by atoms with van der Waals surface area (Å²) in [6.07, 6.45) is 5.13. The van der Waals surface area contributed by atoms with Crippen molar-refractivity contribution in [3.8, 4) is 0 Å². The lowest BCUT2D eigenvalue weighted by Gasteiger charge is -2.11. The fourth-order valence-electron chi connectivity index (χ4n) is 2.06. The van der Waals surface area contributed by atoms with Gasteiger partial charge in [-0.1, -0.05) is 17.7 Å². The van der Waals surface area contributed by atoms with Crippen molar-refractivity contribution < 1.29 is 0 Å². The number of aryl methyl sites for hydroxylation is 2. The first-order valence-corrected chi connectivity index (χ1v) is 6.28. The molecule has 2 aromatic heterocycles. The summed E-state index contributed by atoms with van der Waals surface area (Å²) >= 11 is 6.19. The van der Waals surface area contributed by atoms with Crippen molar-refractivity contribution in [3.63, 3.8) is 0 Å². The third kappa shape index (κ3) is 2.89. The molecule has 0 saturated heterocycles. The van der Waals surface area contributed by atoms with Crippen LogP contribution in [-0.2, 0) is 19.9 Å². The molecule has 1 atom stereocenters. The van der Waals surface area contributed by atoms with Gasteiger partial charge in [-0.15, -0.1) is 0 Å². The van der Waals surface area contributed by atoms with Gasteiger partial charge in [0.2, 0.25) is 0 Å². The van der Waals surface area contributed by atoms with Gasteiger partial charge < -0.3 is 5.73 Å². The number of aromatic nitrogens is 3. The molecule has 0 aliphatic heterocycles. The summed E-state index contributed by atoms with van der Waals surface area (Å²) in [5, 5.41) is 4.96. The second kappa shape index (κ2) is 5.50. The molecule has 5 heteroatoms. The molecule has 2 heterocycles. The molecule has 0 amide bonds. The van der Waals surface area contributed by atoms with E-state index in [1.807, 2.05) is 32.3 Å². The SMILES string of the molecule is Cc1nn(C)c(Cl)c1CC(N)Cc1cccnc1. The van der Waals surface area contributed by atoms with Crippen molar-refractivity contribution in [2.75, 3.05) is 0 Å². The van der Waals surface area contributed by atoms with Gasteiger partial charge in [0.25, 0.3) is 0 Å². The van der Waals surface area contributed by atoms with Gasteiger partial charge in [0.15, 0.2) is 0 Å². The zero-order valence-electron chi connectivity index (χ0n) is 10.6. The van der Waals surface area contributed by atoms with Gasteiger partial charge in [-0.2, -0.15) is 5.10 Å². The van der Waals surface area contributed by atoms with Crippen LogP contribution in [0.2, 0.25) is 5.15 Å². The Morgan fingerprint density at radius 1 is 1.44 bits per heavy atom. The zero-order valence-corrected chi connectivity index (χ0v) is 11.4. The Balaban J connectivity index is 2.05. The monoisotopic (exact) mass is 264 g/mol. The van der Waals surface area contributed by atoms with Crippen LogP contribution in [0.25, 0.3) is 0 Å². The van der Waals surface area contributed by atoms with E-state index < -0.39 is 0 Å². The first kappa shape index (κ1) is 13.1. The number of rotatable bonds is 4. The van der Waals surface area contributed by atoms with E-state index in [1.165, 1.54) is 0 Å². The molecule has 96 valence electrons. The minimum atomic E-state index is 0.0228. The Morgan fingerprint density at radius 2 is 2.22 bits per heavy atom. The summed E-state index contributed by atoms with van der Waals surface area (Å²) in [5.74, 6) is 0. The van der Waals surface area contributed by atoms with Crippen LogP contribution in [0.4, 0.5) is 0 Å². The Labute approximate surface area is 112 Å². The quantitative estimate of drug-likeness (QED) is 0.918. The molecule has 0 saturated carbocycles. The highest BCUT2D eigenvalue weighted by Gasteiger charge is 2.15. The molecule has 2 aromatic rings. The van der Waals surface area contributed by atoms with Crippen LogP contribution in [0.5, 0.6) is 0 Å². The van der Waals surface area contributed by atoms with E-state index in [0.29, 0.717) is 5.15 Å². The number of hydrogen-bond acceptors (Lipinski definition) is 3. The third-order valence-electron chi connectivity index (χ3n) is 2.96. The summed E-state index contributed by atoms with van der Waals surface area (Å²) in [7, 11) is 1.84. The summed E-state index contributed by atoms with van der Waals surface area (Å²) in [6.45, 7) is 1.96. The maximum atomic E-state index is 6.19. The number of nitrogens with zero attached hydrogens (tertiary/aromatic N) is 3. The predicted molar refractivity (Wildman–Crippen MR) is 72.6 cm³/mol. The molecule has 2 rings (SSSR count). The average molecular weight is 265 g/mol. The van der Waals surface area contributed by atoms with E-state index in [0.717, 1.165) is 29.7 Å². The zero-order chi connectivity index (χ0) is 13.1. The van der Waals surface area contributed by atoms with E-state index in [4.69, 9.17) is 17.3 Å². The van der Waals surface area contributed by atoms with E-state index in [1.54, 1.807) is 10.9 Å². The summed E-state index contributed by atoms with van der Waals surface area (Å²) < 4.78 is 1.68. The van der Waals surface area contributed by atoms with Crippen LogP contribution in [-0.4, -0.2) is 20.8 Å². The largest absolute Gasteiger partial charge is 0.327 e. The van der Waals surface area contributed by atoms with Crippen molar-refractivity contribution >= 4 is 11.6 Å². The molecule has 2 N–H and O–H groups in total. The van der Waals surface area contributed by atoms with Gasteiger partial charge >= 0.3 is 0 Å². The summed E-state index contributed by atoms with van der Waals surface area (Å²) in [5.41, 5.74) is 9.29. The van der Waals surface area contributed by atoms with Crippen molar-refractivity contribution in [2.24, 2.45) is 12.8 Å². The highest BCUT2D eigenvalue weighted by Crippen LogP contribution is 2.20. The van der Waals surface area contributed by atoms with Gasteiger partial charge in [0.05, 0.1) is 5.69 Å². The molecular weight excluding hydrogens is 248 g/mol. The van der Waals surface area contributed by atoms with Gasteiger partial charge in [0, 0.05) is 31.0 Å². The Kier molecular flexibility index (Phi) is 3.99. The van der Waals surface area contributed by atoms with Crippen LogP contribution in [0.1, 0.15) is 16.8 Å². The molecule has 0 aromatic carbocycles. The van der Waals surface area contributed by atoms with Gasteiger partial charge in [-0.3, -0.25) is 9.67 Å². The van der Waals surface area contributed by atoms with Crippen LogP contribution >= 0.6 is 11.6 Å². The Morgan fingerprint density at radius 3 is 2.78 bits per heavy atom. The van der Waals surface area contributed by atoms with E-state index in [-0.39, 0.29) is 6.04 Å². The Hall–Kier alpha value is -1.39. The molecule has 0 fully saturated rings. The Bertz CT molecular complexity index is 521. The lowest BCUT2D eigenvalue weighted by molar-refractivity contribution is 0.661. The fraction of sp³-hybridized carbons (Fsp3) is 0.385. The fourth-order valence-corrected chi connectivity index (χ4v) is 2.31. The highest BCUT2D eigenvalue weighted by molar-refractivity contribution is 6.30. The summed E-state index contributed by atoms with van der Waals surface area (Å²) in [4.78, 5) is 4.09. The molecule has 0 radical (unpaired) electrons. The van der Waals surface area contributed by atoms with Crippen molar-refractivity contribution in [1.82, 2.24) is 14.8 Å². The molecule has 0 spiro atoms. The normalized spacial score (nSPS) is 12.7. The minimum Gasteiger partial charge on any atom is -0.327 e. The molecular formula is C13H17ClN4. The minimum absolute atomic E-state index is 0.0228. The van der Waals surface area contributed by atoms with Crippen LogP contribution in [0.15, 0.2) is 24.5 Å². The highest BCUT2D eigenvalue weighted by atomic mass is 35.5. The van der Waals surface area contributed by atoms with Crippen LogP contribution < -0.4 is 5.73 Å². The average Bonchev–Trinajstić information content (AvgIpc) is 2.57. The second-order valence-corrected chi connectivity index (χ2v) is 4.87. The maximum Gasteiger partial charge on any atom is 0.130 e. The third-order valence-corrected chi connectivity index (χ3v) is 3.43. The van der Waals surface area contributed by atoms with Gasteiger partial charge in [-0.25, -0.2) is 0 Å². The lowest BCUT2D eigenvalue weighted by Crippen LogP contribution is -2.25. The standard InChI is InChI=1S/C13H17ClN4/c1-9-12(13(14)18(2)17-9)7-11(15)6-10-4-3-5-16-8-10/h3-5,8,11H,6-7,15H2,1-2H3. The van der Waals surface area contributed by atoms with E-state index in [9.17, 15) is 0 Å². The maximum absolute atomic E-state index is 6.19. The smallest absolute Gasteiger partial charge is 0.130 e. The summed E-state index contributed by atoms with van der Waals surface area (Å²) in [6, 6.07) is 3.98. The van der Waals surface area contributed by atoms with Crippen LogP contribution in [0, 0.1) is 6.92 Å². The molecule has 1 unspecified atom stereocenters. The molecule has 18 heavy (non-hydrogen) atoms. The van der Waals surface area contributed by atoms with E-state index >= 15 is 0 Å². The van der Waals surface area contributed by atoms with Gasteiger partial charge in [-0.05, 0) is 31.4 Å². The van der Waals surface area contributed by atoms with Crippen molar-refractivity contribution in [3.05, 3.63) is 46.5 Å². The predicted octanol–water partition coefficient (Wildman–Crippen LogP) is 1.89. The van der Waals surface area contributed by atoms with Gasteiger partial charge in [0.1, 0.15) is 5.15 Å². The molecule has 0 bridgehead atoms. The number of hydrogen-bond donors (Lipinski definition) is 1. The topological polar surface area (TPSA) is 56.7 Å². The van der Waals surface area contributed by atoms with Crippen molar-refractivity contribution in [1.29, 1.82) is 0 Å². The number of halogens is 1. The number of pyridine rings is 1. The first-order chi connectivity index (χ1) is 8.58. The molecule has 4 nitrogen and oxygen atoms in total. The number of nitrogens with two attached hydrogens (primary N) is 1. The molecule has 0 aliphatic rings. The second-order valence-electron chi connectivity index (χ2n) is 4.51. The first-order valence-electron chi connectivity index (χ1n) is 5.90. The van der Waals surface area contributed by atoms with Crippen LogP contribution in [0.3, 0.4) is 0 Å². The lowest BCUT2D eigenvalue weighted by atomic mass is 10.0. The van der Waals surface area contributed by atoms with E-state index in [2.05, 4.69) is 10.1 Å². The molecule has 0 aliphatic carbocycles. The van der Waals surface area contributed by atoms with Crippen molar-refractivity contribution in [2.45, 2.75) is 25.8 Å².